The molecule has 3 N–H and O–H groups in total. The standard InChI is InChI=1S/C12H19N3O3S/c1-4-5-12(2,3)15-11(18)13-6-9-14-8(7-19-9)10(16)17/h7H,4-6H2,1-3H3,(H,16,17)(H2,13,15,18). The van der Waals surface area contributed by atoms with Crippen LogP contribution in [0.1, 0.15) is 49.1 Å². The molecule has 1 rings (SSSR count). The molecule has 0 saturated heterocycles. The summed E-state index contributed by atoms with van der Waals surface area (Å²) in [7, 11) is 0. The van der Waals surface area contributed by atoms with E-state index in [0.717, 1.165) is 12.8 Å². The molecule has 0 aliphatic heterocycles. The van der Waals surface area contributed by atoms with Crippen LogP contribution in [0.4, 0.5) is 4.79 Å². The maximum atomic E-state index is 11.7. The molecule has 0 spiro atoms. The van der Waals surface area contributed by atoms with Crippen molar-refractivity contribution in [3.05, 3.63) is 16.1 Å². The highest BCUT2D eigenvalue weighted by Crippen LogP contribution is 2.11. The summed E-state index contributed by atoms with van der Waals surface area (Å²) < 4.78 is 0. The van der Waals surface area contributed by atoms with Gasteiger partial charge in [-0.2, -0.15) is 0 Å². The Morgan fingerprint density at radius 3 is 2.68 bits per heavy atom. The van der Waals surface area contributed by atoms with Crippen LogP contribution in [0.3, 0.4) is 0 Å². The number of amides is 2. The van der Waals surface area contributed by atoms with Crippen molar-refractivity contribution in [1.82, 2.24) is 15.6 Å². The highest BCUT2D eigenvalue weighted by molar-refractivity contribution is 7.09. The van der Waals surface area contributed by atoms with E-state index < -0.39 is 5.97 Å². The third-order valence-corrected chi connectivity index (χ3v) is 3.35. The molecule has 1 aromatic heterocycles. The zero-order valence-electron chi connectivity index (χ0n) is 11.3. The van der Waals surface area contributed by atoms with Crippen molar-refractivity contribution in [1.29, 1.82) is 0 Å². The smallest absolute Gasteiger partial charge is 0.355 e. The Morgan fingerprint density at radius 1 is 1.47 bits per heavy atom. The zero-order chi connectivity index (χ0) is 14.5. The Hall–Kier alpha value is -1.63. The van der Waals surface area contributed by atoms with Crippen molar-refractivity contribution in [2.75, 3.05) is 0 Å². The first kappa shape index (κ1) is 15.4. The van der Waals surface area contributed by atoms with Gasteiger partial charge in [0.05, 0.1) is 6.54 Å². The molecule has 0 bridgehead atoms. The average Bonchev–Trinajstić information content (AvgIpc) is 2.74. The van der Waals surface area contributed by atoms with Crippen molar-refractivity contribution in [3.63, 3.8) is 0 Å². The molecule has 0 fully saturated rings. The normalized spacial score (nSPS) is 11.1. The minimum atomic E-state index is -1.06. The summed E-state index contributed by atoms with van der Waals surface area (Å²) in [5.41, 5.74) is -0.248. The summed E-state index contributed by atoms with van der Waals surface area (Å²) in [6, 6.07) is -0.273. The number of thiazole rings is 1. The van der Waals surface area contributed by atoms with Crippen LogP contribution >= 0.6 is 11.3 Å². The Kier molecular flexibility index (Phi) is 5.29. The predicted molar refractivity (Wildman–Crippen MR) is 73.4 cm³/mol. The van der Waals surface area contributed by atoms with Gasteiger partial charge in [-0.3, -0.25) is 0 Å². The molecule has 1 aromatic rings. The number of nitrogens with zero attached hydrogens (tertiary/aromatic N) is 1. The van der Waals surface area contributed by atoms with Gasteiger partial charge in [0.2, 0.25) is 0 Å². The lowest BCUT2D eigenvalue weighted by atomic mass is 9.99. The molecule has 0 atom stereocenters. The second kappa shape index (κ2) is 6.51. The largest absolute Gasteiger partial charge is 0.476 e. The fourth-order valence-corrected chi connectivity index (χ4v) is 2.39. The van der Waals surface area contributed by atoms with Crippen molar-refractivity contribution in [2.45, 2.75) is 45.7 Å². The summed E-state index contributed by atoms with van der Waals surface area (Å²) in [6.07, 6.45) is 1.88. The molecule has 106 valence electrons. The number of urea groups is 1. The third kappa shape index (κ3) is 5.25. The number of carboxylic acids is 1. The molecular formula is C12H19N3O3S. The molecule has 0 aliphatic carbocycles. The maximum Gasteiger partial charge on any atom is 0.355 e. The molecule has 7 heteroatoms. The molecule has 6 nitrogen and oxygen atoms in total. The Bertz CT molecular complexity index is 457. The quantitative estimate of drug-likeness (QED) is 0.747. The SMILES string of the molecule is CCCC(C)(C)NC(=O)NCc1nc(C(=O)O)cs1. The number of aromatic nitrogens is 1. The van der Waals surface area contributed by atoms with Crippen LogP contribution in [-0.2, 0) is 6.54 Å². The van der Waals surface area contributed by atoms with Crippen molar-refractivity contribution < 1.29 is 14.7 Å². The first-order chi connectivity index (χ1) is 8.84. The second-order valence-corrected chi connectivity index (χ2v) is 5.82. The highest BCUT2D eigenvalue weighted by atomic mass is 32.1. The van der Waals surface area contributed by atoms with Crippen LogP contribution in [0.5, 0.6) is 0 Å². The summed E-state index contributed by atoms with van der Waals surface area (Å²) in [5, 5.41) is 16.3. The van der Waals surface area contributed by atoms with Crippen molar-refractivity contribution >= 4 is 23.3 Å². The fraction of sp³-hybridized carbons (Fsp3) is 0.583. The fourth-order valence-electron chi connectivity index (χ4n) is 1.69. The zero-order valence-corrected chi connectivity index (χ0v) is 12.1. The summed E-state index contributed by atoms with van der Waals surface area (Å²) >= 11 is 1.21. The van der Waals surface area contributed by atoms with Crippen LogP contribution in [0.2, 0.25) is 0 Å². The van der Waals surface area contributed by atoms with E-state index in [-0.39, 0.29) is 23.8 Å². The van der Waals surface area contributed by atoms with Gasteiger partial charge in [-0.05, 0) is 20.3 Å². The van der Waals surface area contributed by atoms with Gasteiger partial charge < -0.3 is 15.7 Å². The molecule has 0 aromatic carbocycles. The highest BCUT2D eigenvalue weighted by Gasteiger charge is 2.19. The number of carbonyl (C=O) groups is 2. The van der Waals surface area contributed by atoms with Crippen molar-refractivity contribution in [2.24, 2.45) is 0 Å². The molecule has 0 unspecified atom stereocenters. The second-order valence-electron chi connectivity index (χ2n) is 4.87. The van der Waals surface area contributed by atoms with Gasteiger partial charge >= 0.3 is 12.0 Å². The van der Waals surface area contributed by atoms with Crippen LogP contribution < -0.4 is 10.6 Å². The minimum Gasteiger partial charge on any atom is -0.476 e. The lowest BCUT2D eigenvalue weighted by Gasteiger charge is -2.25. The van der Waals surface area contributed by atoms with Gasteiger partial charge in [0.25, 0.3) is 0 Å². The van der Waals surface area contributed by atoms with E-state index in [2.05, 4.69) is 22.5 Å². The van der Waals surface area contributed by atoms with E-state index in [4.69, 9.17) is 5.11 Å². The third-order valence-electron chi connectivity index (χ3n) is 2.50. The number of hydrogen-bond acceptors (Lipinski definition) is 4. The molecule has 19 heavy (non-hydrogen) atoms. The van der Waals surface area contributed by atoms with Crippen molar-refractivity contribution in [3.8, 4) is 0 Å². The van der Waals surface area contributed by atoms with Crippen LogP contribution in [0, 0.1) is 0 Å². The van der Waals surface area contributed by atoms with Crippen LogP contribution in [0.25, 0.3) is 0 Å². The number of hydrogen-bond donors (Lipinski definition) is 3. The van der Waals surface area contributed by atoms with Gasteiger partial charge in [-0.1, -0.05) is 13.3 Å². The minimum absolute atomic E-state index is 0.00789. The monoisotopic (exact) mass is 285 g/mol. The summed E-state index contributed by atoms with van der Waals surface area (Å²) in [5.74, 6) is -1.06. The van der Waals surface area contributed by atoms with E-state index in [9.17, 15) is 9.59 Å². The number of nitrogens with one attached hydrogen (secondary N) is 2. The average molecular weight is 285 g/mol. The Balaban J connectivity index is 2.43. The number of rotatable bonds is 6. The van der Waals surface area contributed by atoms with E-state index in [0.29, 0.717) is 5.01 Å². The topological polar surface area (TPSA) is 91.3 Å². The lowest BCUT2D eigenvalue weighted by Crippen LogP contribution is -2.48. The molecule has 0 aliphatic rings. The Morgan fingerprint density at radius 2 is 2.16 bits per heavy atom. The van der Waals surface area contributed by atoms with E-state index in [1.165, 1.54) is 16.7 Å². The van der Waals surface area contributed by atoms with E-state index in [1.54, 1.807) is 0 Å². The molecule has 0 radical (unpaired) electrons. The van der Waals surface area contributed by atoms with Gasteiger partial charge in [0.15, 0.2) is 5.69 Å². The van der Waals surface area contributed by atoms with Gasteiger partial charge in [0, 0.05) is 10.9 Å². The number of carbonyl (C=O) groups excluding carboxylic acids is 1. The Labute approximate surface area is 116 Å². The van der Waals surface area contributed by atoms with E-state index >= 15 is 0 Å². The number of aromatic carboxylic acids is 1. The first-order valence-electron chi connectivity index (χ1n) is 6.08. The van der Waals surface area contributed by atoms with Gasteiger partial charge in [-0.25, -0.2) is 14.6 Å². The summed E-state index contributed by atoms with van der Waals surface area (Å²) in [4.78, 5) is 26.2. The predicted octanol–water partition coefficient (Wildman–Crippen LogP) is 2.22. The molecule has 0 saturated carbocycles. The maximum absolute atomic E-state index is 11.7. The first-order valence-corrected chi connectivity index (χ1v) is 6.95. The van der Waals surface area contributed by atoms with Gasteiger partial charge in [0.1, 0.15) is 5.01 Å². The van der Waals surface area contributed by atoms with Crippen LogP contribution in [-0.4, -0.2) is 27.6 Å². The molecule has 1 heterocycles. The van der Waals surface area contributed by atoms with E-state index in [1.807, 2.05) is 13.8 Å². The number of carboxylic acid groups (broad SMARTS) is 1. The summed E-state index contributed by atoms with van der Waals surface area (Å²) in [6.45, 7) is 6.21. The van der Waals surface area contributed by atoms with Gasteiger partial charge in [-0.15, -0.1) is 11.3 Å². The van der Waals surface area contributed by atoms with Crippen LogP contribution in [0.15, 0.2) is 5.38 Å². The molecular weight excluding hydrogens is 266 g/mol. The molecule has 2 amide bonds. The lowest BCUT2D eigenvalue weighted by molar-refractivity contribution is 0.0691.